The van der Waals surface area contributed by atoms with Crippen LogP contribution in [0.1, 0.15) is 18.0 Å². The summed E-state index contributed by atoms with van der Waals surface area (Å²) in [6.45, 7) is 0.951. The molecule has 2 aromatic rings. The van der Waals surface area contributed by atoms with Gasteiger partial charge in [0.1, 0.15) is 5.75 Å². The summed E-state index contributed by atoms with van der Waals surface area (Å²) >= 11 is 0. The Balaban J connectivity index is 0.00000147. The number of methoxy groups -OCH3 is 1. The summed E-state index contributed by atoms with van der Waals surface area (Å²) in [4.78, 5) is 0. The minimum absolute atomic E-state index is 0. The van der Waals surface area contributed by atoms with Crippen molar-refractivity contribution in [3.05, 3.63) is 54.1 Å². The average Bonchev–Trinajstić information content (AvgIpc) is 2.69. The van der Waals surface area contributed by atoms with Gasteiger partial charge in [-0.15, -0.1) is 12.4 Å². The van der Waals surface area contributed by atoms with Crippen molar-refractivity contribution in [3.63, 3.8) is 0 Å². The summed E-state index contributed by atoms with van der Waals surface area (Å²) in [5.74, 6) is 0.944. The minimum Gasteiger partial charge on any atom is -0.496 e. The molecular weight excluding hydrogens is 272 g/mol. The Hall–Kier alpha value is -1.87. The first-order valence-corrected chi connectivity index (χ1v) is 6.61. The van der Waals surface area contributed by atoms with Crippen LogP contribution < -0.4 is 15.4 Å². The van der Waals surface area contributed by atoms with E-state index in [2.05, 4.69) is 47.0 Å². The zero-order valence-corrected chi connectivity index (χ0v) is 12.2. The normalized spacial score (nSPS) is 16.8. The third-order valence-electron chi connectivity index (χ3n) is 3.52. The number of benzene rings is 2. The number of ether oxygens (including phenoxy) is 1. The van der Waals surface area contributed by atoms with E-state index in [4.69, 9.17) is 4.74 Å². The van der Waals surface area contributed by atoms with Crippen LogP contribution >= 0.6 is 12.4 Å². The minimum atomic E-state index is 0. The second kappa shape index (κ2) is 6.53. The molecule has 4 heteroatoms. The van der Waals surface area contributed by atoms with E-state index in [0.717, 1.165) is 24.4 Å². The van der Waals surface area contributed by atoms with Gasteiger partial charge < -0.3 is 15.4 Å². The topological polar surface area (TPSA) is 33.3 Å². The van der Waals surface area contributed by atoms with E-state index < -0.39 is 0 Å². The van der Waals surface area contributed by atoms with Crippen LogP contribution in [0.4, 0.5) is 11.4 Å². The predicted octanol–water partition coefficient (Wildman–Crippen LogP) is 4.09. The van der Waals surface area contributed by atoms with Crippen molar-refractivity contribution in [3.8, 4) is 5.75 Å². The van der Waals surface area contributed by atoms with E-state index in [9.17, 15) is 0 Å². The van der Waals surface area contributed by atoms with Gasteiger partial charge in [-0.25, -0.2) is 0 Å². The molecule has 0 radical (unpaired) electrons. The molecule has 0 aromatic heterocycles. The van der Waals surface area contributed by atoms with Crippen molar-refractivity contribution in [1.29, 1.82) is 0 Å². The third kappa shape index (κ3) is 2.83. The fourth-order valence-electron chi connectivity index (χ4n) is 2.56. The lowest BCUT2D eigenvalue weighted by Gasteiger charge is -2.20. The predicted molar refractivity (Wildman–Crippen MR) is 86.2 cm³/mol. The van der Waals surface area contributed by atoms with Gasteiger partial charge in [-0.2, -0.15) is 0 Å². The Kier molecular flexibility index (Phi) is 4.74. The fraction of sp³-hybridized carbons (Fsp3) is 0.250. The molecule has 3 nitrogen and oxygen atoms in total. The molecule has 2 N–H and O–H groups in total. The highest BCUT2D eigenvalue weighted by Crippen LogP contribution is 2.34. The van der Waals surface area contributed by atoms with Gasteiger partial charge in [-0.1, -0.05) is 30.3 Å². The van der Waals surface area contributed by atoms with Gasteiger partial charge in [-0.3, -0.25) is 0 Å². The van der Waals surface area contributed by atoms with Crippen LogP contribution in [0, 0.1) is 0 Å². The second-order valence-corrected chi connectivity index (χ2v) is 4.70. The summed E-state index contributed by atoms with van der Waals surface area (Å²) in [6.07, 6.45) is 1.02. The van der Waals surface area contributed by atoms with E-state index in [1.165, 1.54) is 11.3 Å². The molecule has 1 atom stereocenters. The number of fused-ring (bicyclic) bond motifs is 1. The molecule has 1 heterocycles. The molecule has 20 heavy (non-hydrogen) atoms. The number of halogens is 1. The summed E-state index contributed by atoms with van der Waals surface area (Å²) < 4.78 is 5.47. The van der Waals surface area contributed by atoms with Gasteiger partial charge in [0.25, 0.3) is 0 Å². The van der Waals surface area contributed by atoms with E-state index in [1.54, 1.807) is 7.11 Å². The van der Waals surface area contributed by atoms with E-state index in [0.29, 0.717) is 0 Å². The third-order valence-corrected chi connectivity index (χ3v) is 3.52. The van der Waals surface area contributed by atoms with Crippen molar-refractivity contribution in [1.82, 2.24) is 0 Å². The molecule has 2 aromatic carbocycles. The van der Waals surface area contributed by atoms with Crippen molar-refractivity contribution in [2.24, 2.45) is 0 Å². The Labute approximate surface area is 125 Å². The molecule has 0 saturated carbocycles. The lowest BCUT2D eigenvalue weighted by Crippen LogP contribution is -2.12. The largest absolute Gasteiger partial charge is 0.496 e. The standard InChI is InChI=1S/C16H18N2O.ClH/c1-19-16-9-5-2-6-12(16)13-10-11-17-14-7-3-4-8-15(14)18-13;/h2-9,13,17-18H,10-11H2,1H3;1H. The molecule has 106 valence electrons. The second-order valence-electron chi connectivity index (χ2n) is 4.70. The van der Waals surface area contributed by atoms with Crippen molar-refractivity contribution < 1.29 is 4.74 Å². The molecule has 0 aliphatic carbocycles. The van der Waals surface area contributed by atoms with Gasteiger partial charge >= 0.3 is 0 Å². The van der Waals surface area contributed by atoms with Crippen LogP contribution in [0.2, 0.25) is 0 Å². The highest BCUT2D eigenvalue weighted by molar-refractivity contribution is 5.85. The van der Waals surface area contributed by atoms with Gasteiger partial charge in [0.05, 0.1) is 24.5 Å². The summed E-state index contributed by atoms with van der Waals surface area (Å²) in [6, 6.07) is 16.8. The SMILES string of the molecule is COc1ccccc1C1CCNc2ccccc2N1.Cl. The Morgan fingerprint density at radius 3 is 2.50 bits per heavy atom. The molecule has 1 aliphatic heterocycles. The molecule has 0 spiro atoms. The maximum Gasteiger partial charge on any atom is 0.124 e. The van der Waals surface area contributed by atoms with Crippen molar-refractivity contribution in [2.75, 3.05) is 24.3 Å². The maximum absolute atomic E-state index is 5.47. The van der Waals surface area contributed by atoms with Crippen LogP contribution in [0.15, 0.2) is 48.5 Å². The Morgan fingerprint density at radius 2 is 1.70 bits per heavy atom. The molecule has 0 fully saturated rings. The van der Waals surface area contributed by atoms with Gasteiger partial charge in [0.15, 0.2) is 0 Å². The smallest absolute Gasteiger partial charge is 0.124 e. The van der Waals surface area contributed by atoms with E-state index in [-0.39, 0.29) is 18.4 Å². The molecule has 1 aliphatic rings. The highest BCUT2D eigenvalue weighted by Gasteiger charge is 2.19. The van der Waals surface area contributed by atoms with Gasteiger partial charge in [-0.05, 0) is 24.6 Å². The Bertz CT molecular complexity index is 574. The van der Waals surface area contributed by atoms with Gasteiger partial charge in [0.2, 0.25) is 0 Å². The molecular formula is C16H19ClN2O. The molecule has 3 rings (SSSR count). The van der Waals surface area contributed by atoms with Crippen LogP contribution in [0.25, 0.3) is 0 Å². The zero-order valence-electron chi connectivity index (χ0n) is 11.4. The van der Waals surface area contributed by atoms with Crippen molar-refractivity contribution >= 4 is 23.8 Å². The number of rotatable bonds is 2. The first-order valence-electron chi connectivity index (χ1n) is 6.61. The highest BCUT2D eigenvalue weighted by atomic mass is 35.5. The zero-order chi connectivity index (χ0) is 13.1. The monoisotopic (exact) mass is 290 g/mol. The average molecular weight is 291 g/mol. The molecule has 0 bridgehead atoms. The van der Waals surface area contributed by atoms with Crippen LogP contribution in [0.3, 0.4) is 0 Å². The number of anilines is 2. The van der Waals surface area contributed by atoms with Gasteiger partial charge in [0, 0.05) is 12.1 Å². The quantitative estimate of drug-likeness (QED) is 0.874. The van der Waals surface area contributed by atoms with E-state index >= 15 is 0 Å². The summed E-state index contributed by atoms with van der Waals surface area (Å²) in [5, 5.41) is 7.07. The van der Waals surface area contributed by atoms with Crippen molar-refractivity contribution in [2.45, 2.75) is 12.5 Å². The Morgan fingerprint density at radius 1 is 1.00 bits per heavy atom. The maximum atomic E-state index is 5.47. The van der Waals surface area contributed by atoms with Crippen LogP contribution in [0.5, 0.6) is 5.75 Å². The van der Waals surface area contributed by atoms with Crippen LogP contribution in [-0.2, 0) is 0 Å². The summed E-state index contributed by atoms with van der Waals surface area (Å²) in [7, 11) is 1.72. The van der Waals surface area contributed by atoms with Crippen LogP contribution in [-0.4, -0.2) is 13.7 Å². The number of hydrogen-bond acceptors (Lipinski definition) is 3. The number of hydrogen-bond donors (Lipinski definition) is 2. The molecule has 0 saturated heterocycles. The lowest BCUT2D eigenvalue weighted by molar-refractivity contribution is 0.406. The summed E-state index contributed by atoms with van der Waals surface area (Å²) in [5.41, 5.74) is 3.53. The first-order chi connectivity index (χ1) is 9.38. The fourth-order valence-corrected chi connectivity index (χ4v) is 2.56. The molecule has 0 amide bonds. The number of para-hydroxylation sites is 3. The molecule has 1 unspecified atom stereocenters. The van der Waals surface area contributed by atoms with E-state index in [1.807, 2.05) is 12.1 Å². The number of nitrogens with one attached hydrogen (secondary N) is 2. The lowest BCUT2D eigenvalue weighted by atomic mass is 10.0. The first kappa shape index (κ1) is 14.5.